The smallest absolute Gasteiger partial charge is 0.387 e. The second kappa shape index (κ2) is 8.62. The Hall–Kier alpha value is -1.40. The number of hydrogen-bond donors (Lipinski definition) is 1. The average molecular weight is 361 g/mol. The Kier molecular flexibility index (Phi) is 6.80. The minimum Gasteiger partial charge on any atom is -0.435 e. The number of alkyl halides is 2. The van der Waals surface area contributed by atoms with Crippen molar-refractivity contribution in [2.45, 2.75) is 25.9 Å². The van der Waals surface area contributed by atoms with Gasteiger partial charge >= 0.3 is 6.61 Å². The molecular weight excluding hydrogens is 338 g/mol. The lowest BCUT2D eigenvalue weighted by molar-refractivity contribution is -0.130. The third-order valence-electron chi connectivity index (χ3n) is 4.90. The second-order valence-corrected chi connectivity index (χ2v) is 6.30. The summed E-state index contributed by atoms with van der Waals surface area (Å²) in [5.41, 5.74) is 0.518. The first kappa shape index (κ1) is 18.9. The Morgan fingerprint density at radius 1 is 1.21 bits per heavy atom. The van der Waals surface area contributed by atoms with Gasteiger partial charge in [0, 0.05) is 18.7 Å². The van der Waals surface area contributed by atoms with Crippen LogP contribution in [0.25, 0.3) is 0 Å². The topological polar surface area (TPSA) is 41.6 Å². The van der Waals surface area contributed by atoms with Gasteiger partial charge in [-0.2, -0.15) is 8.78 Å². The van der Waals surface area contributed by atoms with Gasteiger partial charge in [-0.1, -0.05) is 18.2 Å². The third kappa shape index (κ3) is 4.57. The molecule has 2 aliphatic heterocycles. The third-order valence-corrected chi connectivity index (χ3v) is 4.90. The van der Waals surface area contributed by atoms with Gasteiger partial charge in [-0.25, -0.2) is 0 Å². The predicted molar refractivity (Wildman–Crippen MR) is 89.7 cm³/mol. The number of rotatable bonds is 4. The SMILES string of the molecule is Cl.O=C(Cc1ccccc1OC(F)F)N1CC[C@@H]2CNC[C@@H]2CC1. The fraction of sp³-hybridized carbons (Fsp3) is 0.588. The van der Waals surface area contributed by atoms with Gasteiger partial charge in [0.15, 0.2) is 0 Å². The van der Waals surface area contributed by atoms with E-state index in [2.05, 4.69) is 10.1 Å². The minimum absolute atomic E-state index is 0. The Morgan fingerprint density at radius 2 is 1.83 bits per heavy atom. The molecule has 0 bridgehead atoms. The number of benzene rings is 1. The molecule has 2 heterocycles. The molecule has 1 amide bonds. The van der Waals surface area contributed by atoms with Crippen molar-refractivity contribution >= 4 is 18.3 Å². The highest BCUT2D eigenvalue weighted by Crippen LogP contribution is 2.28. The normalized spacial score (nSPS) is 23.4. The molecule has 2 saturated heterocycles. The molecule has 2 atom stereocenters. The number of likely N-dealkylation sites (tertiary alicyclic amines) is 1. The van der Waals surface area contributed by atoms with Gasteiger partial charge in [-0.15, -0.1) is 12.4 Å². The lowest BCUT2D eigenvalue weighted by Crippen LogP contribution is -2.34. The van der Waals surface area contributed by atoms with Crippen LogP contribution in [0.3, 0.4) is 0 Å². The zero-order valence-electron chi connectivity index (χ0n) is 13.4. The summed E-state index contributed by atoms with van der Waals surface area (Å²) in [7, 11) is 0. The molecule has 0 aliphatic carbocycles. The van der Waals surface area contributed by atoms with Crippen molar-refractivity contribution in [3.8, 4) is 5.75 Å². The Morgan fingerprint density at radius 3 is 2.46 bits per heavy atom. The molecule has 0 aromatic heterocycles. The van der Waals surface area contributed by atoms with E-state index in [0.717, 1.165) is 39.0 Å². The van der Waals surface area contributed by atoms with Crippen molar-refractivity contribution in [3.63, 3.8) is 0 Å². The molecule has 1 N–H and O–H groups in total. The number of para-hydroxylation sites is 1. The summed E-state index contributed by atoms with van der Waals surface area (Å²) in [5, 5.41) is 3.41. The highest BCUT2D eigenvalue weighted by molar-refractivity contribution is 5.85. The highest BCUT2D eigenvalue weighted by atomic mass is 35.5. The standard InChI is InChI=1S/C17H22F2N2O2.ClH/c18-17(19)23-15-4-2-1-3-12(15)9-16(22)21-7-5-13-10-20-11-14(13)6-8-21;/h1-4,13-14,17,20H,5-11H2;1H/t13-,14+;. The van der Waals surface area contributed by atoms with Crippen molar-refractivity contribution in [1.29, 1.82) is 0 Å². The first-order valence-electron chi connectivity index (χ1n) is 8.14. The van der Waals surface area contributed by atoms with Gasteiger partial charge in [0.05, 0.1) is 6.42 Å². The summed E-state index contributed by atoms with van der Waals surface area (Å²) < 4.78 is 29.4. The monoisotopic (exact) mass is 360 g/mol. The van der Waals surface area contributed by atoms with E-state index in [-0.39, 0.29) is 30.5 Å². The molecule has 2 fully saturated rings. The summed E-state index contributed by atoms with van der Waals surface area (Å²) in [6.45, 7) is 0.700. The van der Waals surface area contributed by atoms with Crippen LogP contribution in [0.2, 0.25) is 0 Å². The van der Waals surface area contributed by atoms with Crippen LogP contribution in [0.5, 0.6) is 5.75 Å². The highest BCUT2D eigenvalue weighted by Gasteiger charge is 2.31. The summed E-state index contributed by atoms with van der Waals surface area (Å²) in [5.74, 6) is 1.39. The van der Waals surface area contributed by atoms with E-state index in [9.17, 15) is 13.6 Å². The Labute approximate surface area is 147 Å². The molecule has 0 spiro atoms. The predicted octanol–water partition coefficient (Wildman–Crippen LogP) is 2.71. The van der Waals surface area contributed by atoms with Crippen molar-refractivity contribution in [3.05, 3.63) is 29.8 Å². The van der Waals surface area contributed by atoms with Crippen LogP contribution < -0.4 is 10.1 Å². The van der Waals surface area contributed by atoms with E-state index < -0.39 is 6.61 Å². The quantitative estimate of drug-likeness (QED) is 0.897. The molecule has 0 saturated carbocycles. The average Bonchev–Trinajstić information content (AvgIpc) is 2.87. The van der Waals surface area contributed by atoms with E-state index in [1.54, 1.807) is 18.2 Å². The lowest BCUT2D eigenvalue weighted by Gasteiger charge is -2.21. The maximum absolute atomic E-state index is 12.5. The van der Waals surface area contributed by atoms with Crippen molar-refractivity contribution in [2.75, 3.05) is 26.2 Å². The molecule has 1 aromatic rings. The van der Waals surface area contributed by atoms with Crippen LogP contribution in [0.15, 0.2) is 24.3 Å². The number of nitrogens with one attached hydrogen (secondary N) is 1. The fourth-order valence-corrected chi connectivity index (χ4v) is 3.60. The number of fused-ring (bicyclic) bond motifs is 1. The van der Waals surface area contributed by atoms with E-state index in [0.29, 0.717) is 17.4 Å². The first-order valence-corrected chi connectivity index (χ1v) is 8.14. The zero-order valence-corrected chi connectivity index (χ0v) is 14.2. The molecule has 3 rings (SSSR count). The fourth-order valence-electron chi connectivity index (χ4n) is 3.60. The largest absolute Gasteiger partial charge is 0.435 e. The van der Waals surface area contributed by atoms with Crippen molar-refractivity contribution in [1.82, 2.24) is 10.2 Å². The van der Waals surface area contributed by atoms with E-state index in [1.165, 1.54) is 6.07 Å². The molecule has 0 unspecified atom stereocenters. The molecule has 1 aromatic carbocycles. The minimum atomic E-state index is -2.88. The van der Waals surface area contributed by atoms with Crippen LogP contribution in [0.4, 0.5) is 8.78 Å². The molecule has 0 radical (unpaired) electrons. The molecule has 7 heteroatoms. The number of nitrogens with zero attached hydrogens (tertiary/aromatic N) is 1. The molecule has 24 heavy (non-hydrogen) atoms. The summed E-state index contributed by atoms with van der Waals surface area (Å²) >= 11 is 0. The Bertz CT molecular complexity index is 545. The van der Waals surface area contributed by atoms with Crippen LogP contribution in [-0.2, 0) is 11.2 Å². The molecular formula is C17H23ClF2N2O2. The molecule has 134 valence electrons. The lowest BCUT2D eigenvalue weighted by atomic mass is 9.92. The van der Waals surface area contributed by atoms with Gasteiger partial charge in [0.25, 0.3) is 0 Å². The van der Waals surface area contributed by atoms with Crippen LogP contribution >= 0.6 is 12.4 Å². The van der Waals surface area contributed by atoms with Gasteiger partial charge in [-0.05, 0) is 43.8 Å². The molecule has 4 nitrogen and oxygen atoms in total. The second-order valence-electron chi connectivity index (χ2n) is 6.30. The van der Waals surface area contributed by atoms with Gasteiger partial charge in [0.1, 0.15) is 5.75 Å². The summed E-state index contributed by atoms with van der Waals surface area (Å²) in [4.78, 5) is 14.4. The molecule has 2 aliphatic rings. The number of carbonyl (C=O) groups excluding carboxylic acids is 1. The maximum Gasteiger partial charge on any atom is 0.387 e. The van der Waals surface area contributed by atoms with E-state index in [4.69, 9.17) is 0 Å². The van der Waals surface area contributed by atoms with Crippen LogP contribution in [-0.4, -0.2) is 43.6 Å². The van der Waals surface area contributed by atoms with E-state index >= 15 is 0 Å². The van der Waals surface area contributed by atoms with Gasteiger partial charge < -0.3 is 15.0 Å². The number of hydrogen-bond acceptors (Lipinski definition) is 3. The van der Waals surface area contributed by atoms with Gasteiger partial charge in [0.2, 0.25) is 5.91 Å². The number of ether oxygens (including phenoxy) is 1. The number of halogens is 3. The van der Waals surface area contributed by atoms with Gasteiger partial charge in [-0.3, -0.25) is 4.79 Å². The van der Waals surface area contributed by atoms with E-state index in [1.807, 2.05) is 4.90 Å². The van der Waals surface area contributed by atoms with Crippen LogP contribution in [0.1, 0.15) is 18.4 Å². The zero-order chi connectivity index (χ0) is 16.2. The maximum atomic E-state index is 12.5. The van der Waals surface area contributed by atoms with Crippen molar-refractivity contribution in [2.24, 2.45) is 11.8 Å². The number of amides is 1. The first-order chi connectivity index (χ1) is 11.1. The Balaban J connectivity index is 0.00000208. The number of carbonyl (C=O) groups is 1. The summed E-state index contributed by atoms with van der Waals surface area (Å²) in [6, 6.07) is 6.52. The summed E-state index contributed by atoms with van der Waals surface area (Å²) in [6.07, 6.45) is 2.13. The van der Waals surface area contributed by atoms with Crippen molar-refractivity contribution < 1.29 is 18.3 Å². The van der Waals surface area contributed by atoms with Crippen LogP contribution in [0, 0.1) is 11.8 Å².